The Labute approximate surface area is 257 Å². The molecule has 2 aliphatic rings. The molecule has 0 saturated carbocycles. The molecule has 3 aromatic heterocycles. The molecule has 44 heavy (non-hydrogen) atoms. The monoisotopic (exact) mass is 622 g/mol. The van der Waals surface area contributed by atoms with E-state index in [9.17, 15) is 10.1 Å². The van der Waals surface area contributed by atoms with Gasteiger partial charge in [-0.3, -0.25) is 10.1 Å². The molecule has 0 saturated heterocycles. The van der Waals surface area contributed by atoms with Gasteiger partial charge in [0.15, 0.2) is 23.3 Å². The Balaban J connectivity index is 0.00000289. The number of hydrogen-bond acceptors (Lipinski definition) is 8. The van der Waals surface area contributed by atoms with Gasteiger partial charge in [-0.2, -0.15) is 0 Å². The van der Waals surface area contributed by atoms with Crippen LogP contribution < -0.4 is 0 Å². The van der Waals surface area contributed by atoms with Gasteiger partial charge in [-0.1, -0.05) is 84.9 Å². The number of aromatic amines is 2. The fourth-order valence-electron chi connectivity index (χ4n) is 5.82. The third kappa shape index (κ3) is 3.75. The van der Waals surface area contributed by atoms with Crippen LogP contribution in [-0.4, -0.2) is 44.8 Å². The molecule has 5 heterocycles. The summed E-state index contributed by atoms with van der Waals surface area (Å²) in [6.45, 7) is 0. The van der Waals surface area contributed by atoms with Gasteiger partial charge in [0, 0.05) is 44.5 Å². The predicted molar refractivity (Wildman–Crippen MR) is 163 cm³/mol. The number of H-pyrrole nitrogens is 2. The van der Waals surface area contributed by atoms with Crippen molar-refractivity contribution in [3.8, 4) is 45.6 Å². The molecular weight excluding hydrogens is 606 g/mol. The average molecular weight is 623 g/mol. The number of rotatable bonds is 1. The molecule has 11 nitrogen and oxygen atoms in total. The minimum absolute atomic E-state index is 0. The van der Waals surface area contributed by atoms with E-state index in [1.54, 1.807) is 12.1 Å². The number of non-ortho nitro benzene ring substituents is 1. The van der Waals surface area contributed by atoms with Crippen LogP contribution in [0.1, 0.15) is 0 Å². The Morgan fingerprint density at radius 2 is 0.864 bits per heavy atom. The van der Waals surface area contributed by atoms with Crippen LogP contribution in [-0.2, 0) is 17.1 Å². The molecule has 0 spiro atoms. The standard InChI is InChI=1S/C32H17N9O2.Cu/c42-41(43)23-15-7-14-22-24(23)32-39-30-21-13-6-5-12-20(21)28(37-30)35-26-17-9-2-1-8-16(17)25(33-26)34-27-18-10-3-4-11-19(18)29(36-27)38-31(22)40-32;/h1-15H,(H2,33,34,35,36,37,38,39,40);/q;+2. The molecule has 2 N–H and O–H groups in total. The molecule has 12 heteroatoms. The molecule has 0 amide bonds. The maximum Gasteiger partial charge on any atom is 2.00 e. The number of nitro groups is 1. The van der Waals surface area contributed by atoms with Crippen molar-refractivity contribution in [2.24, 2.45) is 0 Å². The summed E-state index contributed by atoms with van der Waals surface area (Å²) in [6.07, 6.45) is 0. The van der Waals surface area contributed by atoms with E-state index in [0.717, 1.165) is 33.0 Å². The molecule has 2 aliphatic heterocycles. The van der Waals surface area contributed by atoms with Gasteiger partial charge >= 0.3 is 17.1 Å². The summed E-state index contributed by atoms with van der Waals surface area (Å²) < 4.78 is 0. The number of nitrogens with one attached hydrogen (secondary N) is 2. The smallest absolute Gasteiger partial charge is 0.324 e. The van der Waals surface area contributed by atoms with Crippen molar-refractivity contribution in [3.63, 3.8) is 0 Å². The van der Waals surface area contributed by atoms with Crippen LogP contribution in [0.2, 0.25) is 0 Å². The molecule has 0 aliphatic carbocycles. The molecule has 0 atom stereocenters. The quantitative estimate of drug-likeness (QED) is 0.115. The number of benzene rings is 4. The molecule has 1 radical (unpaired) electrons. The first-order valence-electron chi connectivity index (χ1n) is 13.5. The van der Waals surface area contributed by atoms with Crippen LogP contribution in [0, 0.1) is 10.1 Å². The second-order valence-corrected chi connectivity index (χ2v) is 10.2. The van der Waals surface area contributed by atoms with E-state index < -0.39 is 4.92 Å². The zero-order valence-electron chi connectivity index (χ0n) is 22.4. The van der Waals surface area contributed by atoms with E-state index in [0.29, 0.717) is 51.0 Å². The van der Waals surface area contributed by atoms with Crippen LogP contribution in [0.3, 0.4) is 0 Å². The molecule has 8 bridgehead atoms. The normalized spacial score (nSPS) is 11.6. The van der Waals surface area contributed by atoms with Crippen molar-refractivity contribution in [1.82, 2.24) is 39.9 Å². The fourth-order valence-corrected chi connectivity index (χ4v) is 5.82. The fraction of sp³-hybridized carbons (Fsp3) is 0. The Morgan fingerprint density at radius 1 is 0.477 bits per heavy atom. The summed E-state index contributed by atoms with van der Waals surface area (Å²) in [6, 6.07) is 28.1. The third-order valence-corrected chi connectivity index (χ3v) is 7.75. The first-order chi connectivity index (χ1) is 21.1. The van der Waals surface area contributed by atoms with Crippen molar-refractivity contribution in [2.75, 3.05) is 0 Å². The first kappa shape index (κ1) is 25.8. The number of hydrogen-bond donors (Lipinski definition) is 2. The SMILES string of the molecule is O=[N+]([O-])c1cccc2c3nc4nc(nc5[nH]c(nc6nc(nc([nH]3)c12)-c1ccccc1-6)c1ccccc51)-c1ccccc1-4.[Cu+2]. The van der Waals surface area contributed by atoms with Crippen molar-refractivity contribution in [1.29, 1.82) is 0 Å². The van der Waals surface area contributed by atoms with Gasteiger partial charge in [-0.25, -0.2) is 29.9 Å². The number of aromatic nitrogens is 8. The predicted octanol–water partition coefficient (Wildman–Crippen LogP) is 6.77. The molecule has 4 aromatic carbocycles. The molecular formula is C32H17CuN9O2+2. The minimum Gasteiger partial charge on any atom is -0.324 e. The number of nitrogens with zero attached hydrogens (tertiary/aromatic N) is 7. The summed E-state index contributed by atoms with van der Waals surface area (Å²) in [7, 11) is 0. The summed E-state index contributed by atoms with van der Waals surface area (Å²) in [5.74, 6) is 1.78. The number of nitro benzene ring substituents is 1. The average Bonchev–Trinajstić information content (AvgIpc) is 3.76. The Hall–Kier alpha value is -5.84. The topological polar surface area (TPSA) is 152 Å². The van der Waals surface area contributed by atoms with Crippen molar-refractivity contribution >= 4 is 49.8 Å². The molecule has 0 fully saturated rings. The van der Waals surface area contributed by atoms with Crippen molar-refractivity contribution < 1.29 is 22.0 Å². The summed E-state index contributed by atoms with van der Waals surface area (Å²) in [4.78, 5) is 47.7. The molecule has 0 unspecified atom stereocenters. The largest absolute Gasteiger partial charge is 2.00 e. The van der Waals surface area contributed by atoms with Gasteiger partial charge < -0.3 is 9.97 Å². The number of fused-ring (bicyclic) bond motifs is 20. The van der Waals surface area contributed by atoms with Gasteiger partial charge in [-0.05, 0) is 0 Å². The van der Waals surface area contributed by atoms with E-state index in [1.807, 2.05) is 72.8 Å². The van der Waals surface area contributed by atoms with Crippen LogP contribution in [0.5, 0.6) is 0 Å². The summed E-state index contributed by atoms with van der Waals surface area (Å²) in [5.41, 5.74) is 4.97. The second-order valence-electron chi connectivity index (χ2n) is 10.2. The molecule has 7 aromatic rings. The van der Waals surface area contributed by atoms with Crippen LogP contribution in [0.15, 0.2) is 91.0 Å². The van der Waals surface area contributed by atoms with E-state index in [1.165, 1.54) is 6.07 Å². The second kappa shape index (κ2) is 9.60. The van der Waals surface area contributed by atoms with Crippen LogP contribution in [0.4, 0.5) is 5.69 Å². The maximum atomic E-state index is 12.1. The minimum atomic E-state index is -0.417. The van der Waals surface area contributed by atoms with Crippen LogP contribution >= 0.6 is 0 Å². The van der Waals surface area contributed by atoms with Gasteiger partial charge in [0.25, 0.3) is 5.69 Å². The zero-order valence-corrected chi connectivity index (χ0v) is 23.4. The zero-order chi connectivity index (χ0) is 28.7. The van der Waals surface area contributed by atoms with Crippen LogP contribution in [0.25, 0.3) is 89.7 Å². The van der Waals surface area contributed by atoms with E-state index in [2.05, 4.69) is 9.97 Å². The van der Waals surface area contributed by atoms with Crippen molar-refractivity contribution in [2.45, 2.75) is 0 Å². The maximum absolute atomic E-state index is 12.1. The third-order valence-electron chi connectivity index (χ3n) is 7.75. The van der Waals surface area contributed by atoms with E-state index in [-0.39, 0.29) is 28.4 Å². The van der Waals surface area contributed by atoms with Crippen molar-refractivity contribution in [3.05, 3.63) is 101 Å². The Bertz CT molecular complexity index is 2520. The van der Waals surface area contributed by atoms with Gasteiger partial charge in [0.1, 0.15) is 28.0 Å². The summed E-state index contributed by atoms with van der Waals surface area (Å²) >= 11 is 0. The Morgan fingerprint density at radius 3 is 1.34 bits per heavy atom. The summed E-state index contributed by atoms with van der Waals surface area (Å²) in [5, 5.41) is 14.8. The van der Waals surface area contributed by atoms with E-state index >= 15 is 0 Å². The molecule has 9 rings (SSSR count). The van der Waals surface area contributed by atoms with E-state index in [4.69, 9.17) is 29.9 Å². The first-order valence-corrected chi connectivity index (χ1v) is 13.5. The Kier molecular flexibility index (Phi) is 5.63. The van der Waals surface area contributed by atoms with Gasteiger partial charge in [0.05, 0.1) is 4.92 Å². The van der Waals surface area contributed by atoms with Gasteiger partial charge in [-0.15, -0.1) is 0 Å². The molecule has 211 valence electrons. The van der Waals surface area contributed by atoms with Gasteiger partial charge in [0.2, 0.25) is 0 Å².